The van der Waals surface area contributed by atoms with Crippen molar-refractivity contribution in [2.45, 2.75) is 30.7 Å². The third-order valence-corrected chi connectivity index (χ3v) is 7.18. The van der Waals surface area contributed by atoms with Crippen molar-refractivity contribution in [3.63, 3.8) is 0 Å². The van der Waals surface area contributed by atoms with Crippen LogP contribution in [0.15, 0.2) is 30.3 Å². The van der Waals surface area contributed by atoms with Gasteiger partial charge in [0.05, 0.1) is 12.2 Å². The second-order valence-electron chi connectivity index (χ2n) is 7.57. The number of hydrogen-bond donors (Lipinski definition) is 6. The van der Waals surface area contributed by atoms with Crippen LogP contribution in [0.2, 0.25) is 6.32 Å². The molecule has 1 aromatic rings. The smallest absolute Gasteiger partial charge is 0.451 e. The zero-order valence-corrected chi connectivity index (χ0v) is 17.6. The van der Waals surface area contributed by atoms with Crippen molar-refractivity contribution in [2.24, 2.45) is 17.4 Å². The molecule has 0 aliphatic carbocycles. The van der Waals surface area contributed by atoms with E-state index >= 15 is 0 Å². The van der Waals surface area contributed by atoms with Crippen molar-refractivity contribution >= 4 is 35.0 Å². The molecule has 31 heavy (non-hydrogen) atoms. The number of rotatable bonds is 11. The van der Waals surface area contributed by atoms with Gasteiger partial charge in [0.2, 0.25) is 0 Å². The average Bonchev–Trinajstić information content (AvgIpc) is 3.05. The Hall–Kier alpha value is -2.23. The van der Waals surface area contributed by atoms with Crippen LogP contribution < -0.4 is 15.8 Å². The zero-order chi connectivity index (χ0) is 23.4. The Morgan fingerprint density at radius 3 is 2.39 bits per heavy atom. The van der Waals surface area contributed by atoms with Crippen LogP contribution in [0.5, 0.6) is 0 Å². The van der Waals surface area contributed by atoms with E-state index in [1.807, 2.05) is 0 Å². The highest BCUT2D eigenvalue weighted by Gasteiger charge is 2.53. The molecule has 1 aromatic carbocycles. The number of para-hydroxylation sites is 1. The van der Waals surface area contributed by atoms with Crippen LogP contribution in [0.3, 0.4) is 0 Å². The van der Waals surface area contributed by atoms with Crippen molar-refractivity contribution in [1.29, 1.82) is 0 Å². The van der Waals surface area contributed by atoms with Gasteiger partial charge in [-0.1, -0.05) is 24.6 Å². The first-order valence-corrected chi connectivity index (χ1v) is 11.0. The summed E-state index contributed by atoms with van der Waals surface area (Å²) < 4.78 is 28.5. The topological polar surface area (TPSA) is 208 Å². The normalized spacial score (nSPS) is 22.8. The Labute approximate surface area is 180 Å². The number of carboxylic acid groups (broad SMARTS) is 2. The Morgan fingerprint density at radius 2 is 1.87 bits per heavy atom. The third kappa shape index (κ3) is 5.72. The maximum Gasteiger partial charge on any atom is 0.451 e. The highest BCUT2D eigenvalue weighted by molar-refractivity contribution is 7.90. The minimum absolute atomic E-state index is 0.0114. The molecule has 0 amide bonds. The van der Waals surface area contributed by atoms with E-state index in [2.05, 4.69) is 0 Å². The fourth-order valence-corrected chi connectivity index (χ4v) is 5.29. The molecule has 0 spiro atoms. The number of hydrogen-bond acceptors (Lipinski definition) is 8. The molecule has 1 aliphatic heterocycles. The lowest BCUT2D eigenvalue weighted by Crippen LogP contribution is -2.56. The number of anilines is 1. The molecule has 0 aromatic heterocycles. The van der Waals surface area contributed by atoms with Gasteiger partial charge in [-0.15, -0.1) is 0 Å². The molecule has 3 atom stereocenters. The summed E-state index contributed by atoms with van der Waals surface area (Å²) in [5.41, 5.74) is 9.94. The van der Waals surface area contributed by atoms with Crippen LogP contribution in [0, 0.1) is 5.92 Å². The number of benzene rings is 1. The summed E-state index contributed by atoms with van der Waals surface area (Å²) in [6.45, 7) is -1.31. The predicted octanol–water partition coefficient (Wildman–Crippen LogP) is -1.88. The standard InChI is InChI=1S/C17H27BN4O8S/c19-14(15(23)24)10-22(13-6-2-1-3-7-13)31(29,30)21-9-12(5-4-8-18(27)28)17(20,11-21)16(25)26/h1-3,6-7,12,14,27-28H,4-5,8-11,19-20H2,(H,23,24)(H,25,26)/t12-,14?,17-/m0/s1. The summed E-state index contributed by atoms with van der Waals surface area (Å²) in [5.74, 6) is -3.56. The molecule has 8 N–H and O–H groups in total. The molecule has 12 nitrogen and oxygen atoms in total. The molecule has 2 rings (SSSR count). The summed E-state index contributed by atoms with van der Waals surface area (Å²) >= 11 is 0. The van der Waals surface area contributed by atoms with Crippen LogP contribution in [-0.4, -0.2) is 83.3 Å². The van der Waals surface area contributed by atoms with Gasteiger partial charge in [-0.05, 0) is 24.9 Å². The van der Waals surface area contributed by atoms with Gasteiger partial charge in [0.25, 0.3) is 0 Å². The first-order valence-electron chi connectivity index (χ1n) is 9.59. The summed E-state index contributed by atoms with van der Waals surface area (Å²) in [6.07, 6.45) is 0.379. The molecule has 1 fully saturated rings. The van der Waals surface area contributed by atoms with E-state index in [9.17, 15) is 23.1 Å². The van der Waals surface area contributed by atoms with Crippen LogP contribution in [0.1, 0.15) is 12.8 Å². The van der Waals surface area contributed by atoms with Gasteiger partial charge < -0.3 is 31.7 Å². The molecule has 1 saturated heterocycles. The highest BCUT2D eigenvalue weighted by Crippen LogP contribution is 2.34. The summed E-state index contributed by atoms with van der Waals surface area (Å²) in [6, 6.07) is 6.22. The van der Waals surface area contributed by atoms with E-state index in [1.54, 1.807) is 18.2 Å². The van der Waals surface area contributed by atoms with Crippen LogP contribution >= 0.6 is 0 Å². The number of carboxylic acids is 2. The highest BCUT2D eigenvalue weighted by atomic mass is 32.2. The quantitative estimate of drug-likeness (QED) is 0.203. The number of nitrogens with two attached hydrogens (primary N) is 2. The van der Waals surface area contributed by atoms with Crippen LogP contribution in [-0.2, 0) is 19.8 Å². The Balaban J connectivity index is 2.35. The fraction of sp³-hybridized carbons (Fsp3) is 0.529. The molecule has 1 heterocycles. The van der Waals surface area contributed by atoms with Crippen LogP contribution in [0.25, 0.3) is 0 Å². The maximum absolute atomic E-state index is 13.4. The second kappa shape index (κ2) is 9.93. The fourth-order valence-electron chi connectivity index (χ4n) is 3.53. The first-order chi connectivity index (χ1) is 14.4. The first kappa shape index (κ1) is 25.0. The molecular weight excluding hydrogens is 431 g/mol. The molecule has 1 aliphatic rings. The second-order valence-corrected chi connectivity index (χ2v) is 9.42. The molecule has 0 bridgehead atoms. The Bertz CT molecular complexity index is 887. The lowest BCUT2D eigenvalue weighted by Gasteiger charge is -2.30. The molecular formula is C17H27BN4O8S. The minimum atomic E-state index is -4.38. The van der Waals surface area contributed by atoms with Gasteiger partial charge in [0.15, 0.2) is 0 Å². The molecule has 0 saturated carbocycles. The molecule has 172 valence electrons. The van der Waals surface area contributed by atoms with E-state index in [4.69, 9.17) is 26.6 Å². The van der Waals surface area contributed by atoms with E-state index in [1.165, 1.54) is 12.1 Å². The lowest BCUT2D eigenvalue weighted by molar-refractivity contribution is -0.144. The van der Waals surface area contributed by atoms with Crippen molar-refractivity contribution in [3.8, 4) is 0 Å². The van der Waals surface area contributed by atoms with Gasteiger partial charge in [0, 0.05) is 19.0 Å². The SMILES string of the molecule is NC(CN(c1ccccc1)S(=O)(=O)N1C[C@H](CCCB(O)O)[C@](N)(C(=O)O)C1)C(=O)O. The van der Waals surface area contributed by atoms with Crippen molar-refractivity contribution in [3.05, 3.63) is 30.3 Å². The van der Waals surface area contributed by atoms with Crippen LogP contribution in [0.4, 0.5) is 5.69 Å². The number of nitrogens with zero attached hydrogens (tertiary/aromatic N) is 2. The Kier molecular flexibility index (Phi) is 8.02. The van der Waals surface area contributed by atoms with E-state index in [-0.39, 0.29) is 31.4 Å². The van der Waals surface area contributed by atoms with Crippen molar-refractivity contribution in [1.82, 2.24) is 4.31 Å². The monoisotopic (exact) mass is 458 g/mol. The van der Waals surface area contributed by atoms with E-state index < -0.39 is 59.9 Å². The lowest BCUT2D eigenvalue weighted by atomic mass is 9.78. The number of carbonyl (C=O) groups is 2. The largest absolute Gasteiger partial charge is 0.480 e. The summed E-state index contributed by atoms with van der Waals surface area (Å²) in [5, 5.41) is 36.8. The van der Waals surface area contributed by atoms with Gasteiger partial charge in [-0.3, -0.25) is 13.9 Å². The van der Waals surface area contributed by atoms with Gasteiger partial charge in [-0.25, -0.2) is 0 Å². The minimum Gasteiger partial charge on any atom is -0.480 e. The number of aliphatic carboxylic acids is 2. The maximum atomic E-state index is 13.4. The predicted molar refractivity (Wildman–Crippen MR) is 112 cm³/mol. The Morgan fingerprint density at radius 1 is 1.26 bits per heavy atom. The van der Waals surface area contributed by atoms with Gasteiger partial charge >= 0.3 is 29.3 Å². The summed E-state index contributed by atoms with van der Waals surface area (Å²) in [7, 11) is -5.95. The van der Waals surface area contributed by atoms with Gasteiger partial charge in [-0.2, -0.15) is 12.7 Å². The van der Waals surface area contributed by atoms with Crippen molar-refractivity contribution < 1.29 is 38.3 Å². The van der Waals surface area contributed by atoms with Crippen molar-refractivity contribution in [2.75, 3.05) is 23.9 Å². The van der Waals surface area contributed by atoms with Gasteiger partial charge in [0.1, 0.15) is 11.6 Å². The zero-order valence-electron chi connectivity index (χ0n) is 16.7. The van der Waals surface area contributed by atoms with E-state index in [0.717, 1.165) is 8.61 Å². The molecule has 1 unspecified atom stereocenters. The van der Waals surface area contributed by atoms with E-state index in [0.29, 0.717) is 0 Å². The molecule has 0 radical (unpaired) electrons. The summed E-state index contributed by atoms with van der Waals surface area (Å²) in [4.78, 5) is 23.1. The third-order valence-electron chi connectivity index (χ3n) is 5.33. The molecule has 14 heteroatoms. The average molecular weight is 458 g/mol.